The predicted octanol–water partition coefficient (Wildman–Crippen LogP) is 4.03. The second-order valence-electron chi connectivity index (χ2n) is 7.21. The fourth-order valence-corrected chi connectivity index (χ4v) is 4.22. The van der Waals surface area contributed by atoms with Gasteiger partial charge in [0.05, 0.1) is 13.2 Å². The molecule has 3 aromatic carbocycles. The van der Waals surface area contributed by atoms with Gasteiger partial charge in [-0.05, 0) is 65.1 Å². The topological polar surface area (TPSA) is 41.6 Å². The molecule has 2 aliphatic rings. The minimum absolute atomic E-state index is 0.0512. The number of carbonyl (C=O) groups excluding carboxylic acids is 1. The van der Waals surface area contributed by atoms with Crippen LogP contribution in [0.2, 0.25) is 0 Å². The molecule has 0 saturated carbocycles. The van der Waals surface area contributed by atoms with Crippen LogP contribution >= 0.6 is 0 Å². The highest BCUT2D eigenvalue weighted by molar-refractivity contribution is 6.14. The summed E-state index contributed by atoms with van der Waals surface area (Å²) in [6.07, 6.45) is 2.14. The molecule has 1 fully saturated rings. The Bertz CT molecular complexity index is 995. The first kappa shape index (κ1) is 16.3. The third-order valence-electron chi connectivity index (χ3n) is 5.62. The summed E-state index contributed by atoms with van der Waals surface area (Å²) in [5.41, 5.74) is 5.44. The third kappa shape index (κ3) is 2.96. The lowest BCUT2D eigenvalue weighted by Gasteiger charge is -2.28. The van der Waals surface area contributed by atoms with Gasteiger partial charge >= 0.3 is 0 Å². The molecule has 5 rings (SSSR count). The van der Waals surface area contributed by atoms with Crippen molar-refractivity contribution in [1.29, 1.82) is 0 Å². The van der Waals surface area contributed by atoms with Crippen LogP contribution in [0, 0.1) is 0 Å². The summed E-state index contributed by atoms with van der Waals surface area (Å²) >= 11 is 0. The van der Waals surface area contributed by atoms with Crippen molar-refractivity contribution in [2.45, 2.75) is 12.8 Å². The van der Waals surface area contributed by atoms with Gasteiger partial charge in [-0.3, -0.25) is 4.79 Å². The molecule has 27 heavy (non-hydrogen) atoms. The molecule has 0 spiro atoms. The molecule has 0 bridgehead atoms. The summed E-state index contributed by atoms with van der Waals surface area (Å²) in [6.45, 7) is 3.35. The minimum atomic E-state index is -0.0512. The normalized spacial score (nSPS) is 15.9. The van der Waals surface area contributed by atoms with Gasteiger partial charge in [0.25, 0.3) is 5.91 Å². The van der Waals surface area contributed by atoms with E-state index in [2.05, 4.69) is 46.6 Å². The zero-order chi connectivity index (χ0) is 18.2. The predicted molar refractivity (Wildman–Crippen MR) is 109 cm³/mol. The number of morpholine rings is 1. The molecule has 1 heterocycles. The van der Waals surface area contributed by atoms with Crippen molar-refractivity contribution in [3.05, 3.63) is 71.3 Å². The smallest absolute Gasteiger partial charge is 0.256 e. The Labute approximate surface area is 158 Å². The highest BCUT2D eigenvalue weighted by Gasteiger charge is 2.19. The first-order valence-electron chi connectivity index (χ1n) is 9.57. The number of carbonyl (C=O) groups is 1. The molecule has 136 valence electrons. The quantitative estimate of drug-likeness (QED) is 0.769. The van der Waals surface area contributed by atoms with E-state index in [-0.39, 0.29) is 5.91 Å². The number of amides is 1. The molecule has 1 aliphatic heterocycles. The maximum Gasteiger partial charge on any atom is 0.256 e. The first-order valence-corrected chi connectivity index (χ1v) is 9.57. The molecule has 1 aliphatic carbocycles. The van der Waals surface area contributed by atoms with Crippen molar-refractivity contribution in [3.8, 4) is 0 Å². The van der Waals surface area contributed by atoms with Crippen LogP contribution in [0.5, 0.6) is 0 Å². The summed E-state index contributed by atoms with van der Waals surface area (Å²) in [5, 5.41) is 5.39. The Hall–Kier alpha value is -2.85. The number of nitrogens with one attached hydrogen (secondary N) is 1. The fraction of sp³-hybridized carbons (Fsp3) is 0.261. The number of rotatable bonds is 3. The fourth-order valence-electron chi connectivity index (χ4n) is 4.22. The maximum atomic E-state index is 12.9. The zero-order valence-electron chi connectivity index (χ0n) is 15.2. The van der Waals surface area contributed by atoms with E-state index in [0.29, 0.717) is 0 Å². The second-order valence-corrected chi connectivity index (χ2v) is 7.21. The van der Waals surface area contributed by atoms with Crippen molar-refractivity contribution in [3.63, 3.8) is 0 Å². The van der Waals surface area contributed by atoms with Crippen LogP contribution in [-0.4, -0.2) is 32.2 Å². The van der Waals surface area contributed by atoms with Gasteiger partial charge in [0.15, 0.2) is 0 Å². The summed E-state index contributed by atoms with van der Waals surface area (Å²) in [4.78, 5) is 15.2. The molecule has 1 N–H and O–H groups in total. The number of hydrogen-bond donors (Lipinski definition) is 1. The van der Waals surface area contributed by atoms with E-state index in [1.807, 2.05) is 18.2 Å². The highest BCUT2D eigenvalue weighted by Crippen LogP contribution is 2.33. The Morgan fingerprint density at radius 1 is 0.889 bits per heavy atom. The van der Waals surface area contributed by atoms with Crippen molar-refractivity contribution in [2.75, 3.05) is 36.5 Å². The average molecular weight is 358 g/mol. The molecule has 1 amide bonds. The van der Waals surface area contributed by atoms with Crippen LogP contribution in [0.15, 0.2) is 54.6 Å². The standard InChI is InChI=1S/C23H22N2O2/c26-23(21-11-6-17-5-4-16-2-1-3-20(21)22(16)17)24-18-7-9-19(10-8-18)25-12-14-27-15-13-25/h1-3,6-11H,4-5,12-15H2,(H,24,26). The van der Waals surface area contributed by atoms with Crippen molar-refractivity contribution in [2.24, 2.45) is 0 Å². The molecule has 0 radical (unpaired) electrons. The van der Waals surface area contributed by atoms with Crippen molar-refractivity contribution in [1.82, 2.24) is 0 Å². The van der Waals surface area contributed by atoms with Crippen molar-refractivity contribution < 1.29 is 9.53 Å². The van der Waals surface area contributed by atoms with Gasteiger partial charge in [-0.15, -0.1) is 0 Å². The lowest BCUT2D eigenvalue weighted by molar-refractivity contribution is 0.102. The summed E-state index contributed by atoms with van der Waals surface area (Å²) in [7, 11) is 0. The van der Waals surface area contributed by atoms with E-state index in [1.54, 1.807) is 0 Å². The Balaban J connectivity index is 1.39. The molecule has 4 nitrogen and oxygen atoms in total. The third-order valence-corrected chi connectivity index (χ3v) is 5.62. The van der Waals surface area contributed by atoms with E-state index in [1.165, 1.54) is 22.2 Å². The number of aryl methyl sites for hydroxylation is 2. The van der Waals surface area contributed by atoms with Gasteiger partial charge in [0.2, 0.25) is 0 Å². The van der Waals surface area contributed by atoms with E-state index in [0.717, 1.165) is 55.8 Å². The van der Waals surface area contributed by atoms with E-state index >= 15 is 0 Å². The number of anilines is 2. The molecule has 1 saturated heterocycles. The molecular weight excluding hydrogens is 336 g/mol. The first-order chi connectivity index (χ1) is 13.3. The Morgan fingerprint density at radius 3 is 2.41 bits per heavy atom. The number of benzene rings is 3. The van der Waals surface area contributed by atoms with Gasteiger partial charge in [-0.1, -0.05) is 24.3 Å². The number of ether oxygens (including phenoxy) is 1. The lowest BCUT2D eigenvalue weighted by Crippen LogP contribution is -2.36. The molecule has 0 unspecified atom stereocenters. The van der Waals surface area contributed by atoms with Gasteiger partial charge in [-0.2, -0.15) is 0 Å². The van der Waals surface area contributed by atoms with E-state index in [4.69, 9.17) is 4.74 Å². The lowest BCUT2D eigenvalue weighted by atomic mass is 9.99. The van der Waals surface area contributed by atoms with E-state index in [9.17, 15) is 4.79 Å². The highest BCUT2D eigenvalue weighted by atomic mass is 16.5. The molecule has 3 aromatic rings. The van der Waals surface area contributed by atoms with Gasteiger partial charge in [0.1, 0.15) is 0 Å². The minimum Gasteiger partial charge on any atom is -0.378 e. The largest absolute Gasteiger partial charge is 0.378 e. The number of hydrogen-bond acceptors (Lipinski definition) is 3. The Morgan fingerprint density at radius 2 is 1.63 bits per heavy atom. The van der Waals surface area contributed by atoms with Crippen LogP contribution < -0.4 is 10.2 Å². The monoisotopic (exact) mass is 358 g/mol. The average Bonchev–Trinajstić information content (AvgIpc) is 3.14. The number of nitrogens with zero attached hydrogens (tertiary/aromatic N) is 1. The molecule has 4 heteroatoms. The molecule has 0 atom stereocenters. The molecular formula is C23H22N2O2. The van der Waals surface area contributed by atoms with Crippen molar-refractivity contribution >= 4 is 28.1 Å². The van der Waals surface area contributed by atoms with Crippen LogP contribution in [0.3, 0.4) is 0 Å². The van der Waals surface area contributed by atoms with Gasteiger partial charge in [0, 0.05) is 30.0 Å². The zero-order valence-corrected chi connectivity index (χ0v) is 15.2. The van der Waals surface area contributed by atoms with Gasteiger partial charge < -0.3 is 15.0 Å². The summed E-state index contributed by atoms with van der Waals surface area (Å²) < 4.78 is 5.40. The van der Waals surface area contributed by atoms with Crippen LogP contribution in [0.1, 0.15) is 21.5 Å². The summed E-state index contributed by atoms with van der Waals surface area (Å²) in [5.74, 6) is -0.0512. The van der Waals surface area contributed by atoms with E-state index < -0.39 is 0 Å². The maximum absolute atomic E-state index is 12.9. The second kappa shape index (κ2) is 6.71. The summed E-state index contributed by atoms with van der Waals surface area (Å²) in [6, 6.07) is 18.4. The molecule has 0 aromatic heterocycles. The SMILES string of the molecule is O=C(Nc1ccc(N2CCOCC2)cc1)c1ccc2c3c(cccc13)CC2. The van der Waals surface area contributed by atoms with Crippen LogP contribution in [0.4, 0.5) is 11.4 Å². The van der Waals surface area contributed by atoms with Crippen LogP contribution in [0.25, 0.3) is 10.8 Å². The van der Waals surface area contributed by atoms with Crippen LogP contribution in [-0.2, 0) is 17.6 Å². The Kier molecular flexibility index (Phi) is 4.06. The van der Waals surface area contributed by atoms with Gasteiger partial charge in [-0.25, -0.2) is 0 Å².